The smallest absolute Gasteiger partial charge is 0.227 e. The van der Waals surface area contributed by atoms with Crippen LogP contribution in [0.3, 0.4) is 0 Å². The number of furan rings is 1. The Balaban J connectivity index is 1.81. The summed E-state index contributed by atoms with van der Waals surface area (Å²) in [5.74, 6) is -9.82. The van der Waals surface area contributed by atoms with E-state index in [-0.39, 0.29) is 44.6 Å². The van der Waals surface area contributed by atoms with Gasteiger partial charge < -0.3 is 4.42 Å². The summed E-state index contributed by atoms with van der Waals surface area (Å²) in [6.07, 6.45) is -6.14. The molecule has 0 aliphatic heterocycles. The third kappa shape index (κ3) is 4.00. The molecular formula is C37H43N2O+. The topological polar surface area (TPSA) is 29.9 Å². The van der Waals surface area contributed by atoms with Gasteiger partial charge in [0.15, 0.2) is 11.8 Å². The first-order valence-corrected chi connectivity index (χ1v) is 12.7. The highest BCUT2D eigenvalue weighted by molar-refractivity contribution is 6.10. The van der Waals surface area contributed by atoms with Crippen molar-refractivity contribution in [2.45, 2.75) is 79.1 Å². The molecule has 2 aromatic carbocycles. The molecule has 40 heavy (non-hydrogen) atoms. The molecule has 0 radical (unpaired) electrons. The van der Waals surface area contributed by atoms with E-state index in [9.17, 15) is 5.48 Å². The van der Waals surface area contributed by atoms with E-state index in [1.165, 1.54) is 41.9 Å². The number of hydrogen-bond donors (Lipinski definition) is 0. The van der Waals surface area contributed by atoms with Gasteiger partial charge in [-0.3, -0.25) is 0 Å². The van der Waals surface area contributed by atoms with Gasteiger partial charge in [0.1, 0.15) is 7.05 Å². The molecule has 0 spiro atoms. The van der Waals surface area contributed by atoms with Crippen LogP contribution in [0.4, 0.5) is 0 Å². The Bertz CT molecular complexity index is 2570. The van der Waals surface area contributed by atoms with E-state index < -0.39 is 86.9 Å². The summed E-state index contributed by atoms with van der Waals surface area (Å²) >= 11 is 0. The van der Waals surface area contributed by atoms with Crippen LogP contribution in [-0.2, 0) is 12.5 Å². The molecule has 3 heterocycles. The van der Waals surface area contributed by atoms with Crippen molar-refractivity contribution in [3.05, 3.63) is 82.7 Å². The number of aromatic nitrogens is 2. The SMILES string of the molecule is [2H]C([2H])([2H])c1c[n+](C)c(-c2c(C)ccc3c2oc2nc4c(cc23)-c2ccccc2C4(C([2H])([2H])C([2H])(C)C([2H])([2H])[2H])C([2H])([2H])C([2H])(C)C([2H])([2H])[2H])cc1C([2H])(C([2H])([2H])[2H])C([2H])([2H])[2H]. The Morgan fingerprint density at radius 3 is 2.48 bits per heavy atom. The zero-order valence-corrected chi connectivity index (χ0v) is 22.5. The van der Waals surface area contributed by atoms with E-state index in [0.29, 0.717) is 10.9 Å². The zero-order chi connectivity index (χ0) is 47.4. The van der Waals surface area contributed by atoms with E-state index >= 15 is 0 Å². The maximum atomic E-state index is 9.67. The van der Waals surface area contributed by atoms with Crippen molar-refractivity contribution in [3.63, 3.8) is 0 Å². The monoisotopic (exact) mass is 553 g/mol. The molecule has 3 aromatic heterocycles. The fraction of sp³-hybridized carbons (Fsp3) is 0.405. The Hall–Kier alpha value is -3.46. The molecule has 6 rings (SSSR count). The van der Waals surface area contributed by atoms with Gasteiger partial charge in [-0.05, 0) is 72.5 Å². The predicted octanol–water partition coefficient (Wildman–Crippen LogP) is 9.57. The van der Waals surface area contributed by atoms with Gasteiger partial charge in [-0.2, -0.15) is 0 Å². The van der Waals surface area contributed by atoms with Gasteiger partial charge in [-0.25, -0.2) is 9.55 Å². The first kappa shape index (κ1) is 11.4. The number of fused-ring (bicyclic) bond motifs is 6. The molecule has 0 fully saturated rings. The average Bonchev–Trinajstić information content (AvgIpc) is 3.61. The van der Waals surface area contributed by atoms with Crippen LogP contribution in [0.15, 0.2) is 59.1 Å². The van der Waals surface area contributed by atoms with Crippen LogP contribution in [0.25, 0.3) is 44.5 Å². The minimum atomic E-state index is -3.58. The number of rotatable bonds is 6. The van der Waals surface area contributed by atoms with Crippen LogP contribution in [0.1, 0.15) is 118 Å². The van der Waals surface area contributed by atoms with Gasteiger partial charge in [0.05, 0.1) is 11.3 Å². The lowest BCUT2D eigenvalue weighted by Crippen LogP contribution is -2.32. The molecule has 1 aliphatic carbocycles. The van der Waals surface area contributed by atoms with Crippen molar-refractivity contribution in [2.24, 2.45) is 18.8 Å². The van der Waals surface area contributed by atoms with Gasteiger partial charge in [-0.1, -0.05) is 77.7 Å². The Kier molecular flexibility index (Phi) is 2.74. The molecular weight excluding hydrogens is 488 g/mol. The number of pyridine rings is 2. The standard InChI is InChI=1S/C37H43N2O/c1-21(2)18-37(19-22(3)4)31-13-11-10-12-26(31)29-16-30-27-15-14-24(7)33(34(27)40-36(30)38-35(29)37)32-17-28(23(5)6)25(8)20-39(32)9/h10-17,20-23H,18-19H2,1-9H3/q+1/i1D3,3D3,5D3,6D3,8D3,18D2,19D2,21D,22D,23D. The molecule has 0 amide bonds. The number of aryl methyl sites for hydroxylation is 3. The lowest BCUT2D eigenvalue weighted by atomic mass is 9.69. The highest BCUT2D eigenvalue weighted by atomic mass is 16.3. The van der Waals surface area contributed by atoms with Crippen LogP contribution in [0, 0.1) is 25.6 Å². The second-order valence-electron chi connectivity index (χ2n) is 10.2. The molecule has 0 saturated carbocycles. The second kappa shape index (κ2) is 9.58. The van der Waals surface area contributed by atoms with Crippen molar-refractivity contribution >= 4 is 22.1 Å². The second-order valence-corrected chi connectivity index (χ2v) is 10.2. The van der Waals surface area contributed by atoms with Crippen molar-refractivity contribution in [1.29, 1.82) is 0 Å². The minimum Gasteiger partial charge on any atom is -0.437 e. The summed E-state index contributed by atoms with van der Waals surface area (Å²) in [5.41, 5.74) is -5.07. The van der Waals surface area contributed by atoms with Gasteiger partial charge in [-0.15, -0.1) is 0 Å². The zero-order valence-electron chi connectivity index (χ0n) is 44.5. The van der Waals surface area contributed by atoms with Crippen molar-refractivity contribution in [2.75, 3.05) is 0 Å². The number of hydrogen-bond acceptors (Lipinski definition) is 2. The number of nitrogens with zero attached hydrogens (tertiary/aromatic N) is 2. The third-order valence-electron chi connectivity index (χ3n) is 7.37. The molecule has 0 bridgehead atoms. The normalized spacial score (nSPS) is 30.2. The first-order valence-electron chi connectivity index (χ1n) is 23.7. The lowest BCUT2D eigenvalue weighted by Gasteiger charge is -2.34. The van der Waals surface area contributed by atoms with Crippen LogP contribution in [0.5, 0.6) is 0 Å². The summed E-state index contributed by atoms with van der Waals surface area (Å²) in [6.45, 7) is -14.0. The van der Waals surface area contributed by atoms with Gasteiger partial charge in [0.25, 0.3) is 0 Å². The molecule has 0 saturated heterocycles. The molecule has 0 N–H and O–H groups in total. The summed E-state index contributed by atoms with van der Waals surface area (Å²) < 4.78 is 197. The number of benzene rings is 2. The molecule has 2 atom stereocenters. The van der Waals surface area contributed by atoms with Crippen LogP contribution >= 0.6 is 0 Å². The quantitative estimate of drug-likeness (QED) is 0.196. The van der Waals surface area contributed by atoms with Crippen LogP contribution in [-0.4, -0.2) is 4.98 Å². The summed E-state index contributed by atoms with van der Waals surface area (Å²) in [5, 5.41) is 0.505. The van der Waals surface area contributed by atoms with E-state index in [4.69, 9.17) is 34.1 Å². The largest absolute Gasteiger partial charge is 0.437 e. The fourth-order valence-electron chi connectivity index (χ4n) is 5.80. The van der Waals surface area contributed by atoms with E-state index in [1.807, 2.05) is 0 Å². The molecule has 2 unspecified atom stereocenters. The molecule has 1 aliphatic rings. The minimum absolute atomic E-state index is 0.00508. The Morgan fingerprint density at radius 1 is 0.975 bits per heavy atom. The van der Waals surface area contributed by atoms with Gasteiger partial charge in [0.2, 0.25) is 11.4 Å². The summed E-state index contributed by atoms with van der Waals surface area (Å²) in [6, 6.07) is 11.4. The van der Waals surface area contributed by atoms with Crippen LogP contribution < -0.4 is 4.57 Å². The molecule has 5 aromatic rings. The highest BCUT2D eigenvalue weighted by Gasteiger charge is 2.45. The Labute approximate surface area is 270 Å². The van der Waals surface area contributed by atoms with E-state index in [2.05, 4.69) is 0 Å². The first-order chi connectivity index (χ1) is 27.7. The van der Waals surface area contributed by atoms with Crippen molar-refractivity contribution < 1.29 is 39.1 Å². The van der Waals surface area contributed by atoms with Crippen molar-refractivity contribution in [3.8, 4) is 22.4 Å². The summed E-state index contributed by atoms with van der Waals surface area (Å²) in [4.78, 5) is 4.70. The van der Waals surface area contributed by atoms with Crippen LogP contribution in [0.2, 0.25) is 0 Å². The maximum Gasteiger partial charge on any atom is 0.227 e. The molecule has 3 nitrogen and oxygen atoms in total. The van der Waals surface area contributed by atoms with E-state index in [0.717, 1.165) is 26.1 Å². The average molecular weight is 554 g/mol. The third-order valence-corrected chi connectivity index (χ3v) is 7.37. The van der Waals surface area contributed by atoms with Gasteiger partial charge in [0, 0.05) is 63.5 Å². The molecule has 3 heteroatoms. The fourth-order valence-corrected chi connectivity index (χ4v) is 5.80. The summed E-state index contributed by atoms with van der Waals surface area (Å²) in [7, 11) is 1.42. The maximum absolute atomic E-state index is 9.67. The van der Waals surface area contributed by atoms with E-state index in [1.54, 1.807) is 19.1 Å². The highest BCUT2D eigenvalue weighted by Crippen LogP contribution is 2.55. The lowest BCUT2D eigenvalue weighted by molar-refractivity contribution is -0.660. The predicted molar refractivity (Wildman–Crippen MR) is 167 cm³/mol. The van der Waals surface area contributed by atoms with Gasteiger partial charge >= 0.3 is 0 Å². The Morgan fingerprint density at radius 2 is 1.75 bits per heavy atom. The molecule has 206 valence electrons. The van der Waals surface area contributed by atoms with Crippen molar-refractivity contribution in [1.82, 2.24) is 4.98 Å².